The van der Waals surface area contributed by atoms with E-state index in [1.54, 1.807) is 6.33 Å². The van der Waals surface area contributed by atoms with Gasteiger partial charge in [-0.05, 0) is 32.0 Å². The van der Waals surface area contributed by atoms with Crippen molar-refractivity contribution in [2.75, 3.05) is 43.5 Å². The number of fused-ring (bicyclic) bond motifs is 1. The molecule has 7 nitrogen and oxygen atoms in total. The van der Waals surface area contributed by atoms with Gasteiger partial charge in [-0.25, -0.2) is 9.97 Å². The van der Waals surface area contributed by atoms with E-state index in [1.165, 1.54) is 0 Å². The molecule has 0 aliphatic carbocycles. The number of hydrogen-bond donors (Lipinski definition) is 1. The van der Waals surface area contributed by atoms with Crippen LogP contribution in [-0.4, -0.2) is 69.8 Å². The van der Waals surface area contributed by atoms with Crippen LogP contribution in [0.25, 0.3) is 22.3 Å². The van der Waals surface area contributed by atoms with Crippen molar-refractivity contribution in [2.45, 2.75) is 20.0 Å². The van der Waals surface area contributed by atoms with Gasteiger partial charge in [-0.1, -0.05) is 0 Å². The number of benzene rings is 1. The Labute approximate surface area is 169 Å². The van der Waals surface area contributed by atoms with Crippen LogP contribution in [0.3, 0.4) is 0 Å². The molecule has 28 heavy (non-hydrogen) atoms. The second-order valence-electron chi connectivity index (χ2n) is 7.23. The number of piperazine rings is 1. The summed E-state index contributed by atoms with van der Waals surface area (Å²) in [4.78, 5) is 13.6. The molecule has 0 amide bonds. The van der Waals surface area contributed by atoms with Crippen molar-refractivity contribution >= 4 is 28.3 Å². The third-order valence-corrected chi connectivity index (χ3v) is 5.07. The molecular formula is C20H25ClN6O. The van der Waals surface area contributed by atoms with Gasteiger partial charge < -0.3 is 9.64 Å². The summed E-state index contributed by atoms with van der Waals surface area (Å²) in [6.07, 6.45) is 1.74. The minimum absolute atomic E-state index is 0.121. The predicted octanol–water partition coefficient (Wildman–Crippen LogP) is 3.17. The molecule has 0 spiro atoms. The van der Waals surface area contributed by atoms with Gasteiger partial charge in [0.05, 0.1) is 17.3 Å². The van der Waals surface area contributed by atoms with E-state index >= 15 is 0 Å². The molecule has 0 radical (unpaired) electrons. The maximum Gasteiger partial charge on any atom is 0.132 e. The second-order valence-corrected chi connectivity index (χ2v) is 7.60. The first-order valence-corrected chi connectivity index (χ1v) is 10.2. The molecule has 0 bridgehead atoms. The van der Waals surface area contributed by atoms with Crippen molar-refractivity contribution in [3.8, 4) is 17.1 Å². The Balaban J connectivity index is 1.59. The lowest BCUT2D eigenvalue weighted by molar-refractivity contribution is 0.243. The average molecular weight is 401 g/mol. The standard InChI is InChI=1S/C20H25ClN6O/c1-14(2)28-15-3-4-17-16(11-15)20(25-24-17)18-12-19(23-13-22-18)27-9-7-26(6-5-21)8-10-27/h3-4,11-14H,5-10H2,1-2H3,(H,24,25). The smallest absolute Gasteiger partial charge is 0.132 e. The molecule has 0 unspecified atom stereocenters. The van der Waals surface area contributed by atoms with E-state index < -0.39 is 0 Å². The molecule has 1 aromatic carbocycles. The number of rotatable bonds is 6. The van der Waals surface area contributed by atoms with Crippen LogP contribution in [0.5, 0.6) is 5.75 Å². The lowest BCUT2D eigenvalue weighted by Gasteiger charge is -2.35. The average Bonchev–Trinajstić information content (AvgIpc) is 3.12. The summed E-state index contributed by atoms with van der Waals surface area (Å²) in [6.45, 7) is 8.82. The number of aromatic nitrogens is 4. The van der Waals surface area contributed by atoms with Crippen LogP contribution < -0.4 is 9.64 Å². The van der Waals surface area contributed by atoms with E-state index in [0.717, 1.165) is 66.6 Å². The van der Waals surface area contributed by atoms with Crippen molar-refractivity contribution in [3.63, 3.8) is 0 Å². The van der Waals surface area contributed by atoms with Gasteiger partial charge in [-0.3, -0.25) is 10.00 Å². The number of hydrogen-bond acceptors (Lipinski definition) is 6. The van der Waals surface area contributed by atoms with Gasteiger partial charge in [0.2, 0.25) is 0 Å². The van der Waals surface area contributed by atoms with E-state index in [2.05, 4.69) is 30.0 Å². The maximum absolute atomic E-state index is 5.86. The first-order chi connectivity index (χ1) is 13.6. The molecule has 3 aromatic rings. The number of halogens is 1. The lowest BCUT2D eigenvalue weighted by atomic mass is 10.1. The van der Waals surface area contributed by atoms with Crippen molar-refractivity contribution in [3.05, 3.63) is 30.6 Å². The Morgan fingerprint density at radius 1 is 1.14 bits per heavy atom. The summed E-state index contributed by atoms with van der Waals surface area (Å²) in [5.74, 6) is 2.43. The van der Waals surface area contributed by atoms with Crippen molar-refractivity contribution < 1.29 is 4.74 Å². The van der Waals surface area contributed by atoms with E-state index in [4.69, 9.17) is 16.3 Å². The largest absolute Gasteiger partial charge is 0.491 e. The predicted molar refractivity (Wildman–Crippen MR) is 112 cm³/mol. The summed E-state index contributed by atoms with van der Waals surface area (Å²) in [6, 6.07) is 7.97. The fourth-order valence-corrected chi connectivity index (χ4v) is 3.74. The molecule has 1 N–H and O–H groups in total. The zero-order valence-electron chi connectivity index (χ0n) is 16.2. The highest BCUT2D eigenvalue weighted by Gasteiger charge is 2.19. The lowest BCUT2D eigenvalue weighted by Crippen LogP contribution is -2.47. The van der Waals surface area contributed by atoms with Crippen molar-refractivity contribution in [1.82, 2.24) is 25.1 Å². The summed E-state index contributed by atoms with van der Waals surface area (Å²) < 4.78 is 5.83. The summed E-state index contributed by atoms with van der Waals surface area (Å²) in [5, 5.41) is 8.58. The highest BCUT2D eigenvalue weighted by molar-refractivity contribution is 6.18. The van der Waals surface area contributed by atoms with Crippen LogP contribution in [0.15, 0.2) is 30.6 Å². The number of H-pyrrole nitrogens is 1. The molecule has 1 aliphatic heterocycles. The molecule has 8 heteroatoms. The van der Waals surface area contributed by atoms with Crippen LogP contribution >= 0.6 is 11.6 Å². The number of anilines is 1. The number of aromatic amines is 1. The first-order valence-electron chi connectivity index (χ1n) is 9.64. The fourth-order valence-electron chi connectivity index (χ4n) is 3.50. The SMILES string of the molecule is CC(C)Oc1ccc2[nH]nc(-c3cc(N4CCN(CCCl)CC4)ncn3)c2c1. The Hall–Kier alpha value is -2.38. The minimum Gasteiger partial charge on any atom is -0.491 e. The number of ether oxygens (including phenoxy) is 1. The maximum atomic E-state index is 5.86. The molecular weight excluding hydrogens is 376 g/mol. The molecule has 1 aliphatic rings. The highest BCUT2D eigenvalue weighted by atomic mass is 35.5. The summed E-state index contributed by atoms with van der Waals surface area (Å²) in [7, 11) is 0. The molecule has 0 atom stereocenters. The molecule has 1 saturated heterocycles. The van der Waals surface area contributed by atoms with Gasteiger partial charge >= 0.3 is 0 Å². The van der Waals surface area contributed by atoms with Gasteiger partial charge in [0.1, 0.15) is 23.6 Å². The van der Waals surface area contributed by atoms with Crippen LogP contribution in [-0.2, 0) is 0 Å². The number of alkyl halides is 1. The Morgan fingerprint density at radius 3 is 2.71 bits per heavy atom. The topological polar surface area (TPSA) is 70.2 Å². The van der Waals surface area contributed by atoms with Crippen LogP contribution in [0.2, 0.25) is 0 Å². The highest BCUT2D eigenvalue weighted by Crippen LogP contribution is 2.30. The van der Waals surface area contributed by atoms with Crippen molar-refractivity contribution in [1.29, 1.82) is 0 Å². The molecule has 3 heterocycles. The monoisotopic (exact) mass is 400 g/mol. The Morgan fingerprint density at radius 2 is 1.96 bits per heavy atom. The van der Waals surface area contributed by atoms with Crippen LogP contribution in [0.1, 0.15) is 13.8 Å². The normalized spacial score (nSPS) is 15.5. The third-order valence-electron chi connectivity index (χ3n) is 4.90. The van der Waals surface area contributed by atoms with E-state index in [1.807, 2.05) is 38.1 Å². The van der Waals surface area contributed by atoms with Crippen LogP contribution in [0, 0.1) is 0 Å². The molecule has 4 rings (SSSR count). The zero-order valence-corrected chi connectivity index (χ0v) is 17.0. The van der Waals surface area contributed by atoms with Gasteiger partial charge in [0.15, 0.2) is 0 Å². The van der Waals surface area contributed by atoms with Crippen LogP contribution in [0.4, 0.5) is 5.82 Å². The van der Waals surface area contributed by atoms with Gasteiger partial charge in [0, 0.05) is 50.1 Å². The number of nitrogens with one attached hydrogen (secondary N) is 1. The molecule has 2 aromatic heterocycles. The molecule has 0 saturated carbocycles. The molecule has 1 fully saturated rings. The van der Waals surface area contributed by atoms with E-state index in [-0.39, 0.29) is 6.10 Å². The van der Waals surface area contributed by atoms with E-state index in [9.17, 15) is 0 Å². The number of nitrogens with zero attached hydrogens (tertiary/aromatic N) is 5. The Kier molecular flexibility index (Phi) is 5.64. The van der Waals surface area contributed by atoms with E-state index in [0.29, 0.717) is 5.88 Å². The molecule has 148 valence electrons. The summed E-state index contributed by atoms with van der Waals surface area (Å²) in [5.41, 5.74) is 2.58. The Bertz CT molecular complexity index is 935. The summed E-state index contributed by atoms with van der Waals surface area (Å²) >= 11 is 5.86. The van der Waals surface area contributed by atoms with Gasteiger partial charge in [-0.2, -0.15) is 5.10 Å². The zero-order chi connectivity index (χ0) is 19.5. The van der Waals surface area contributed by atoms with Crippen molar-refractivity contribution in [2.24, 2.45) is 0 Å². The first kappa shape index (κ1) is 19.0. The minimum atomic E-state index is 0.121. The fraction of sp³-hybridized carbons (Fsp3) is 0.450. The van der Waals surface area contributed by atoms with Gasteiger partial charge in [-0.15, -0.1) is 11.6 Å². The third kappa shape index (κ3) is 4.05. The second kappa shape index (κ2) is 8.32. The quantitative estimate of drug-likeness (QED) is 0.641. The van der Waals surface area contributed by atoms with Gasteiger partial charge in [0.25, 0.3) is 0 Å².